The Kier molecular flexibility index (Phi) is 6.71. The molecule has 10 nitrogen and oxygen atoms in total. The Balaban J connectivity index is 1.20. The molecule has 1 aromatic heterocycles. The Morgan fingerprint density at radius 2 is 2.05 bits per heavy atom. The Morgan fingerprint density at radius 1 is 1.21 bits per heavy atom. The van der Waals surface area contributed by atoms with Crippen LogP contribution in [0.1, 0.15) is 24.8 Å². The van der Waals surface area contributed by atoms with Crippen LogP contribution in [0, 0.1) is 5.92 Å². The molecular weight excluding hydrogens is 502 g/mol. The van der Waals surface area contributed by atoms with Crippen molar-refractivity contribution in [1.82, 2.24) is 30.6 Å². The van der Waals surface area contributed by atoms with Crippen molar-refractivity contribution in [3.63, 3.8) is 0 Å². The van der Waals surface area contributed by atoms with Crippen molar-refractivity contribution in [2.45, 2.75) is 43.3 Å². The minimum Gasteiger partial charge on any atom is -0.347 e. The molecule has 4 aliphatic rings. The molecule has 3 N–H and O–H groups in total. The number of nitrogens with one attached hydrogen (secondary N) is 3. The summed E-state index contributed by atoms with van der Waals surface area (Å²) >= 11 is 1.48. The third kappa shape index (κ3) is 4.60. The molecule has 0 saturated carbocycles. The van der Waals surface area contributed by atoms with Gasteiger partial charge in [-0.1, -0.05) is 48.7 Å². The van der Waals surface area contributed by atoms with Gasteiger partial charge in [-0.05, 0) is 37.4 Å². The summed E-state index contributed by atoms with van der Waals surface area (Å²) in [5.41, 5.74) is 1.82. The average Bonchev–Trinajstić information content (AvgIpc) is 3.54. The lowest BCUT2D eigenvalue weighted by atomic mass is 9.87. The van der Waals surface area contributed by atoms with Gasteiger partial charge in [-0.2, -0.15) is 5.10 Å². The number of rotatable bonds is 6. The SMILES string of the molecule is C=CC(=O)N1CCC[C@@H](NC(=O)C2=C3NC(=O)N(c4ccn(Cc5ccccc5)n4)C4CCNC(S2)C34)C1. The third-order valence-electron chi connectivity index (χ3n) is 7.65. The van der Waals surface area contributed by atoms with Crippen LogP contribution in [0.4, 0.5) is 10.6 Å². The highest BCUT2D eigenvalue weighted by Crippen LogP contribution is 2.47. The third-order valence-corrected chi connectivity index (χ3v) is 9.01. The van der Waals surface area contributed by atoms with E-state index in [1.54, 1.807) is 9.80 Å². The van der Waals surface area contributed by atoms with E-state index < -0.39 is 0 Å². The van der Waals surface area contributed by atoms with Crippen molar-refractivity contribution in [1.29, 1.82) is 0 Å². The van der Waals surface area contributed by atoms with Crippen molar-refractivity contribution in [3.05, 3.63) is 71.4 Å². The zero-order valence-corrected chi connectivity index (χ0v) is 21.8. The molecule has 4 amide bonds. The number of nitrogens with zero attached hydrogens (tertiary/aromatic N) is 4. The van der Waals surface area contributed by atoms with Gasteiger partial charge in [0.2, 0.25) is 5.91 Å². The number of hydrogen-bond acceptors (Lipinski definition) is 6. The summed E-state index contributed by atoms with van der Waals surface area (Å²) < 4.78 is 1.84. The number of piperidine rings is 2. The molecule has 4 atom stereocenters. The summed E-state index contributed by atoms with van der Waals surface area (Å²) in [6.45, 7) is 6.07. The zero-order chi connectivity index (χ0) is 26.2. The summed E-state index contributed by atoms with van der Waals surface area (Å²) in [4.78, 5) is 42.9. The van der Waals surface area contributed by atoms with Gasteiger partial charge in [0, 0.05) is 43.0 Å². The van der Waals surface area contributed by atoms with Crippen molar-refractivity contribution in [2.24, 2.45) is 5.92 Å². The van der Waals surface area contributed by atoms with Crippen LogP contribution in [-0.4, -0.2) is 69.6 Å². The van der Waals surface area contributed by atoms with Crippen LogP contribution in [0.2, 0.25) is 0 Å². The van der Waals surface area contributed by atoms with E-state index in [1.165, 1.54) is 17.8 Å². The fourth-order valence-electron chi connectivity index (χ4n) is 5.90. The maximum Gasteiger partial charge on any atom is 0.327 e. The van der Waals surface area contributed by atoms with Crippen LogP contribution in [0.5, 0.6) is 0 Å². The fraction of sp³-hybridized carbons (Fsp3) is 0.407. The van der Waals surface area contributed by atoms with Crippen molar-refractivity contribution in [3.8, 4) is 0 Å². The van der Waals surface area contributed by atoms with E-state index in [2.05, 4.69) is 22.5 Å². The molecule has 6 rings (SSSR count). The van der Waals surface area contributed by atoms with E-state index in [4.69, 9.17) is 5.10 Å². The van der Waals surface area contributed by atoms with Crippen LogP contribution in [0.25, 0.3) is 0 Å². The second kappa shape index (κ2) is 10.3. The molecule has 3 unspecified atom stereocenters. The minimum atomic E-state index is -0.264. The molecule has 11 heteroatoms. The molecule has 0 radical (unpaired) electrons. The molecule has 198 valence electrons. The maximum atomic E-state index is 13.4. The largest absolute Gasteiger partial charge is 0.347 e. The molecule has 5 heterocycles. The monoisotopic (exact) mass is 533 g/mol. The van der Waals surface area contributed by atoms with Gasteiger partial charge in [0.25, 0.3) is 5.91 Å². The van der Waals surface area contributed by atoms with Crippen LogP contribution < -0.4 is 20.9 Å². The standard InChI is InChI=1S/C27H31N7O3S/c1-2-21(35)32-13-6-9-18(16-32)29-25(36)24-23-22-19(10-12-28-26(22)38-24)34(27(37)30-23)20-11-14-33(31-20)15-17-7-4-3-5-8-17/h2-5,7-8,11,14,18-19,22,26,28H,1,6,9-10,12-13,15-16H2,(H,29,36)(H,30,37)/t18-,19?,22?,26?/m1/s1. The fourth-order valence-corrected chi connectivity index (χ4v) is 7.30. The number of hydrogen-bond donors (Lipinski definition) is 3. The highest BCUT2D eigenvalue weighted by Gasteiger charge is 2.52. The molecular formula is C27H31N7O3S. The second-order valence-electron chi connectivity index (χ2n) is 10.1. The molecule has 0 spiro atoms. The first-order valence-corrected chi connectivity index (χ1v) is 13.9. The van der Waals surface area contributed by atoms with E-state index in [1.807, 2.05) is 47.3 Å². The Hall–Kier alpha value is -3.57. The molecule has 2 aromatic rings. The molecule has 4 aliphatic heterocycles. The van der Waals surface area contributed by atoms with Gasteiger partial charge in [0.1, 0.15) is 0 Å². The predicted molar refractivity (Wildman–Crippen MR) is 145 cm³/mol. The van der Waals surface area contributed by atoms with Crippen molar-refractivity contribution < 1.29 is 14.4 Å². The highest BCUT2D eigenvalue weighted by molar-refractivity contribution is 8.04. The summed E-state index contributed by atoms with van der Waals surface area (Å²) in [5.74, 6) is 0.251. The number of benzene rings is 1. The van der Waals surface area contributed by atoms with Gasteiger partial charge in [-0.3, -0.25) is 19.2 Å². The maximum absolute atomic E-state index is 13.4. The number of anilines is 1. The van der Waals surface area contributed by atoms with Gasteiger partial charge < -0.3 is 20.9 Å². The van der Waals surface area contributed by atoms with Gasteiger partial charge >= 0.3 is 6.03 Å². The lowest BCUT2D eigenvalue weighted by Crippen LogP contribution is -2.62. The molecule has 3 saturated heterocycles. The lowest BCUT2D eigenvalue weighted by Gasteiger charge is -2.44. The Labute approximate surface area is 225 Å². The number of carbonyl (C=O) groups excluding carboxylic acids is 3. The van der Waals surface area contributed by atoms with E-state index in [0.717, 1.165) is 31.4 Å². The van der Waals surface area contributed by atoms with E-state index in [0.29, 0.717) is 36.1 Å². The topological polar surface area (TPSA) is 112 Å². The summed E-state index contributed by atoms with van der Waals surface area (Å²) in [6.07, 6.45) is 5.60. The molecule has 0 bridgehead atoms. The zero-order valence-electron chi connectivity index (χ0n) is 21.0. The number of likely N-dealkylation sites (tertiary alicyclic amines) is 1. The number of carbonyl (C=O) groups is 3. The Morgan fingerprint density at radius 3 is 2.87 bits per heavy atom. The van der Waals surface area contributed by atoms with Gasteiger partial charge in [-0.25, -0.2) is 4.79 Å². The number of amides is 4. The first-order chi connectivity index (χ1) is 18.5. The number of urea groups is 1. The Bertz CT molecular complexity index is 1290. The van der Waals surface area contributed by atoms with Crippen LogP contribution >= 0.6 is 11.8 Å². The normalized spacial score (nSPS) is 26.6. The number of aromatic nitrogens is 2. The quantitative estimate of drug-likeness (QED) is 0.490. The molecule has 38 heavy (non-hydrogen) atoms. The van der Waals surface area contributed by atoms with Crippen LogP contribution in [-0.2, 0) is 16.1 Å². The van der Waals surface area contributed by atoms with Gasteiger partial charge in [0.15, 0.2) is 5.82 Å². The lowest BCUT2D eigenvalue weighted by molar-refractivity contribution is -0.128. The van der Waals surface area contributed by atoms with Crippen molar-refractivity contribution in [2.75, 3.05) is 24.5 Å². The smallest absolute Gasteiger partial charge is 0.327 e. The van der Waals surface area contributed by atoms with Crippen LogP contribution in [0.15, 0.2) is 65.9 Å². The predicted octanol–water partition coefficient (Wildman–Crippen LogP) is 2.02. The first-order valence-electron chi connectivity index (χ1n) is 13.1. The van der Waals surface area contributed by atoms with Gasteiger partial charge in [-0.15, -0.1) is 0 Å². The van der Waals surface area contributed by atoms with E-state index >= 15 is 0 Å². The first kappa shape index (κ1) is 24.7. The molecule has 3 fully saturated rings. The van der Waals surface area contributed by atoms with Crippen molar-refractivity contribution >= 4 is 35.4 Å². The molecule has 1 aromatic carbocycles. The number of thioether (sulfide) groups is 1. The highest BCUT2D eigenvalue weighted by atomic mass is 32.2. The van der Waals surface area contributed by atoms with Crippen LogP contribution in [0.3, 0.4) is 0 Å². The summed E-state index contributed by atoms with van der Waals surface area (Å²) in [7, 11) is 0. The molecule has 0 aliphatic carbocycles. The summed E-state index contributed by atoms with van der Waals surface area (Å²) in [5, 5.41) is 14.4. The van der Waals surface area contributed by atoms with E-state index in [9.17, 15) is 14.4 Å². The minimum absolute atomic E-state index is 0.01000. The average molecular weight is 534 g/mol. The second-order valence-corrected chi connectivity index (χ2v) is 11.2. The summed E-state index contributed by atoms with van der Waals surface area (Å²) in [6, 6.07) is 11.5. The van der Waals surface area contributed by atoms with E-state index in [-0.39, 0.29) is 41.2 Å². The van der Waals surface area contributed by atoms with Gasteiger partial charge in [0.05, 0.1) is 22.9 Å².